The first-order valence-corrected chi connectivity index (χ1v) is 7.86. The Morgan fingerprint density at radius 1 is 0.905 bits per heavy atom. The van der Waals surface area contributed by atoms with Gasteiger partial charge < -0.3 is 9.84 Å². The standard InChI is InChI=1S/C18H19BrO2/c1-10-5-14(16(20)7-12(10)3)18(19)9-21-17-8-13(4)11(2)6-15(17)18/h5-8,20H,9H2,1-4H3. The van der Waals surface area contributed by atoms with Crippen LogP contribution in [0.1, 0.15) is 33.4 Å². The maximum Gasteiger partial charge on any atom is 0.124 e. The van der Waals surface area contributed by atoms with E-state index in [1.807, 2.05) is 19.1 Å². The van der Waals surface area contributed by atoms with E-state index in [-0.39, 0.29) is 0 Å². The first-order valence-electron chi connectivity index (χ1n) is 7.07. The molecule has 1 aliphatic heterocycles. The molecular weight excluding hydrogens is 328 g/mol. The lowest BCUT2D eigenvalue weighted by Gasteiger charge is -2.24. The number of rotatable bonds is 1. The predicted octanol–water partition coefficient (Wildman–Crippen LogP) is 4.66. The van der Waals surface area contributed by atoms with Crippen molar-refractivity contribution in [2.75, 3.05) is 6.61 Å². The SMILES string of the molecule is Cc1cc(O)c(C2(Br)COc3cc(C)c(C)cc32)cc1C. The molecule has 3 heteroatoms. The molecular formula is C18H19BrO2. The molecule has 0 radical (unpaired) electrons. The molecule has 1 heterocycles. The van der Waals surface area contributed by atoms with Crippen LogP contribution >= 0.6 is 15.9 Å². The van der Waals surface area contributed by atoms with Crippen LogP contribution in [0.3, 0.4) is 0 Å². The fourth-order valence-electron chi connectivity index (χ4n) is 2.81. The first-order chi connectivity index (χ1) is 9.83. The monoisotopic (exact) mass is 346 g/mol. The average molecular weight is 347 g/mol. The van der Waals surface area contributed by atoms with Crippen molar-refractivity contribution in [3.8, 4) is 11.5 Å². The number of hydrogen-bond donors (Lipinski definition) is 1. The topological polar surface area (TPSA) is 29.5 Å². The highest BCUT2D eigenvalue weighted by Gasteiger charge is 2.42. The van der Waals surface area contributed by atoms with Crippen molar-refractivity contribution in [3.05, 3.63) is 57.6 Å². The van der Waals surface area contributed by atoms with E-state index in [1.165, 1.54) is 16.7 Å². The summed E-state index contributed by atoms with van der Waals surface area (Å²) in [5.74, 6) is 1.21. The van der Waals surface area contributed by atoms with E-state index < -0.39 is 4.32 Å². The molecule has 2 aromatic rings. The van der Waals surface area contributed by atoms with Gasteiger partial charge in [0.05, 0.1) is 0 Å². The first kappa shape index (κ1) is 14.5. The zero-order valence-electron chi connectivity index (χ0n) is 12.7. The molecule has 0 saturated heterocycles. The average Bonchev–Trinajstić information content (AvgIpc) is 2.73. The summed E-state index contributed by atoms with van der Waals surface area (Å²) in [5, 5.41) is 10.4. The number of aromatic hydroxyl groups is 1. The summed E-state index contributed by atoms with van der Waals surface area (Å²) < 4.78 is 5.39. The van der Waals surface area contributed by atoms with E-state index in [2.05, 4.69) is 48.8 Å². The van der Waals surface area contributed by atoms with Gasteiger partial charge in [0.25, 0.3) is 0 Å². The molecule has 0 bridgehead atoms. The van der Waals surface area contributed by atoms with Gasteiger partial charge in [0.1, 0.15) is 22.4 Å². The molecule has 0 spiro atoms. The maximum atomic E-state index is 10.4. The van der Waals surface area contributed by atoms with Gasteiger partial charge in [-0.15, -0.1) is 0 Å². The zero-order chi connectivity index (χ0) is 15.4. The van der Waals surface area contributed by atoms with Crippen LogP contribution in [0.4, 0.5) is 0 Å². The number of benzene rings is 2. The Morgan fingerprint density at radius 2 is 1.43 bits per heavy atom. The molecule has 0 saturated carbocycles. The van der Waals surface area contributed by atoms with Crippen LogP contribution in [-0.4, -0.2) is 11.7 Å². The number of fused-ring (bicyclic) bond motifs is 1. The summed E-state index contributed by atoms with van der Waals surface area (Å²) in [6, 6.07) is 8.10. The van der Waals surface area contributed by atoms with E-state index in [1.54, 1.807) is 0 Å². The van der Waals surface area contributed by atoms with Crippen molar-refractivity contribution in [2.24, 2.45) is 0 Å². The lowest BCUT2D eigenvalue weighted by atomic mass is 9.88. The van der Waals surface area contributed by atoms with E-state index in [9.17, 15) is 5.11 Å². The molecule has 0 fully saturated rings. The largest absolute Gasteiger partial charge is 0.508 e. The van der Waals surface area contributed by atoms with Gasteiger partial charge >= 0.3 is 0 Å². The van der Waals surface area contributed by atoms with E-state index in [0.717, 1.165) is 22.4 Å². The molecule has 110 valence electrons. The summed E-state index contributed by atoms with van der Waals surface area (Å²) >= 11 is 3.84. The Morgan fingerprint density at radius 3 is 2.10 bits per heavy atom. The molecule has 0 aromatic heterocycles. The predicted molar refractivity (Wildman–Crippen MR) is 88.7 cm³/mol. The van der Waals surface area contributed by atoms with E-state index in [4.69, 9.17) is 4.74 Å². The van der Waals surface area contributed by atoms with Crippen molar-refractivity contribution in [3.63, 3.8) is 0 Å². The lowest BCUT2D eigenvalue weighted by molar-refractivity contribution is 0.331. The molecule has 1 N–H and O–H groups in total. The summed E-state index contributed by atoms with van der Waals surface area (Å²) in [6.07, 6.45) is 0. The van der Waals surface area contributed by atoms with Gasteiger partial charge in [-0.3, -0.25) is 0 Å². The van der Waals surface area contributed by atoms with Gasteiger partial charge in [0.2, 0.25) is 0 Å². The fourth-order valence-corrected chi connectivity index (χ4v) is 3.56. The molecule has 0 aliphatic carbocycles. The molecule has 1 atom stereocenters. The Labute approximate surface area is 133 Å². The molecule has 2 nitrogen and oxygen atoms in total. The van der Waals surface area contributed by atoms with Gasteiger partial charge in [-0.05, 0) is 62.1 Å². The molecule has 1 unspecified atom stereocenters. The molecule has 0 amide bonds. The maximum absolute atomic E-state index is 10.4. The summed E-state index contributed by atoms with van der Waals surface area (Å²) in [4.78, 5) is 0. The minimum Gasteiger partial charge on any atom is -0.508 e. The minimum absolute atomic E-state index is 0.310. The number of aryl methyl sites for hydroxylation is 4. The Kier molecular flexibility index (Phi) is 3.28. The number of phenolic OH excluding ortho intramolecular Hbond substituents is 1. The third-order valence-corrected chi connectivity index (χ3v) is 5.57. The van der Waals surface area contributed by atoms with Gasteiger partial charge in [0, 0.05) is 11.1 Å². The molecule has 21 heavy (non-hydrogen) atoms. The van der Waals surface area contributed by atoms with E-state index in [0.29, 0.717) is 12.4 Å². The quantitative estimate of drug-likeness (QED) is 0.761. The summed E-state index contributed by atoms with van der Waals surface area (Å²) in [7, 11) is 0. The van der Waals surface area contributed by atoms with Crippen molar-refractivity contribution >= 4 is 15.9 Å². The van der Waals surface area contributed by atoms with Crippen LogP contribution in [0.15, 0.2) is 24.3 Å². The van der Waals surface area contributed by atoms with Crippen LogP contribution in [-0.2, 0) is 4.32 Å². The molecule has 3 rings (SSSR count). The van der Waals surface area contributed by atoms with Crippen molar-refractivity contribution in [1.29, 1.82) is 0 Å². The highest BCUT2D eigenvalue weighted by Crippen LogP contribution is 2.51. The molecule has 2 aromatic carbocycles. The fraction of sp³-hybridized carbons (Fsp3) is 0.333. The number of alkyl halides is 1. The second-order valence-electron chi connectivity index (χ2n) is 5.98. The normalized spacial score (nSPS) is 20.2. The Bertz CT molecular complexity index is 736. The summed E-state index contributed by atoms with van der Waals surface area (Å²) in [5.41, 5.74) is 6.66. The minimum atomic E-state index is -0.483. The van der Waals surface area contributed by atoms with Gasteiger partial charge in [-0.1, -0.05) is 28.1 Å². The van der Waals surface area contributed by atoms with Gasteiger partial charge in [-0.2, -0.15) is 0 Å². The zero-order valence-corrected chi connectivity index (χ0v) is 14.3. The lowest BCUT2D eigenvalue weighted by Crippen LogP contribution is -2.22. The van der Waals surface area contributed by atoms with Crippen molar-refractivity contribution in [2.45, 2.75) is 32.0 Å². The summed E-state index contributed by atoms with van der Waals surface area (Å²) in [6.45, 7) is 8.74. The Hall–Kier alpha value is -1.48. The van der Waals surface area contributed by atoms with E-state index >= 15 is 0 Å². The Balaban J connectivity index is 2.22. The van der Waals surface area contributed by atoms with Crippen LogP contribution in [0.5, 0.6) is 11.5 Å². The number of halogens is 1. The van der Waals surface area contributed by atoms with Gasteiger partial charge in [0.15, 0.2) is 0 Å². The highest BCUT2D eigenvalue weighted by atomic mass is 79.9. The smallest absolute Gasteiger partial charge is 0.124 e. The second-order valence-corrected chi connectivity index (χ2v) is 7.33. The van der Waals surface area contributed by atoms with Crippen LogP contribution in [0.25, 0.3) is 0 Å². The third-order valence-electron chi connectivity index (χ3n) is 4.49. The van der Waals surface area contributed by atoms with Crippen LogP contribution in [0, 0.1) is 27.7 Å². The molecule has 1 aliphatic rings. The van der Waals surface area contributed by atoms with Crippen molar-refractivity contribution in [1.82, 2.24) is 0 Å². The highest BCUT2D eigenvalue weighted by molar-refractivity contribution is 9.09. The van der Waals surface area contributed by atoms with Crippen molar-refractivity contribution < 1.29 is 9.84 Å². The second kappa shape index (κ2) is 4.77. The van der Waals surface area contributed by atoms with Gasteiger partial charge in [-0.25, -0.2) is 0 Å². The third kappa shape index (κ3) is 2.15. The van der Waals surface area contributed by atoms with Crippen LogP contribution < -0.4 is 4.74 Å². The number of hydrogen-bond acceptors (Lipinski definition) is 2. The number of phenols is 1. The number of ether oxygens (including phenoxy) is 1. The van der Waals surface area contributed by atoms with Crippen LogP contribution in [0.2, 0.25) is 0 Å².